The number of hydrogen-bond acceptors (Lipinski definition) is 3. The lowest BCUT2D eigenvalue weighted by Crippen LogP contribution is -1.99. The number of aromatic nitrogens is 1. The second-order valence-corrected chi connectivity index (χ2v) is 3.99. The summed E-state index contributed by atoms with van der Waals surface area (Å²) in [7, 11) is 0. The van der Waals surface area contributed by atoms with Crippen molar-refractivity contribution in [2.45, 2.75) is 13.3 Å². The predicted octanol–water partition coefficient (Wildman–Crippen LogP) is 3.37. The minimum Gasteiger partial charge on any atom is -0.294 e. The molecule has 0 saturated heterocycles. The summed E-state index contributed by atoms with van der Waals surface area (Å²) in [5.41, 5.74) is 1.86. The molecule has 1 aromatic heterocycles. The number of ketones is 1. The maximum Gasteiger partial charge on any atom is 0.168 e. The number of aliphatic imine (C=N–C) groups is 1. The van der Waals surface area contributed by atoms with Gasteiger partial charge < -0.3 is 0 Å². The van der Waals surface area contributed by atoms with Gasteiger partial charge in [0, 0.05) is 24.4 Å². The first kappa shape index (κ1) is 12.2. The molecule has 2 aromatic rings. The van der Waals surface area contributed by atoms with Crippen LogP contribution >= 0.6 is 0 Å². The number of Topliss-reactive ketones (excluding diaryl/α,β-unsaturated/α-hetero) is 1. The van der Waals surface area contributed by atoms with Gasteiger partial charge in [0.25, 0.3) is 0 Å². The van der Waals surface area contributed by atoms with Gasteiger partial charge in [-0.25, -0.2) is 9.98 Å². The smallest absolute Gasteiger partial charge is 0.168 e. The molecule has 0 fully saturated rings. The fourth-order valence-corrected chi connectivity index (χ4v) is 1.51. The number of rotatable bonds is 4. The van der Waals surface area contributed by atoms with Crippen LogP contribution in [0.25, 0.3) is 0 Å². The average molecular weight is 238 g/mol. The maximum atomic E-state index is 11.8. The van der Waals surface area contributed by atoms with Crippen molar-refractivity contribution in [1.82, 2.24) is 4.98 Å². The number of pyridine rings is 1. The molecule has 1 heterocycles. The molecule has 0 N–H and O–H groups in total. The van der Waals surface area contributed by atoms with Crippen LogP contribution < -0.4 is 0 Å². The van der Waals surface area contributed by atoms with Gasteiger partial charge in [0.05, 0.1) is 0 Å². The molecule has 0 bridgehead atoms. The summed E-state index contributed by atoms with van der Waals surface area (Å²) in [5.74, 6) is 0.684. The van der Waals surface area contributed by atoms with Crippen LogP contribution in [0, 0.1) is 6.92 Å². The van der Waals surface area contributed by atoms with Crippen LogP contribution in [0.4, 0.5) is 5.82 Å². The Kier molecular flexibility index (Phi) is 3.97. The molecule has 0 saturated carbocycles. The molecule has 0 spiro atoms. The highest BCUT2D eigenvalue weighted by molar-refractivity contribution is 6.03. The predicted molar refractivity (Wildman–Crippen MR) is 72.5 cm³/mol. The molecule has 0 unspecified atom stereocenters. The Balaban J connectivity index is 1.96. The summed E-state index contributed by atoms with van der Waals surface area (Å²) in [5, 5.41) is 0. The molecule has 18 heavy (non-hydrogen) atoms. The van der Waals surface area contributed by atoms with Gasteiger partial charge in [0.15, 0.2) is 11.6 Å². The molecule has 2 rings (SSSR count). The van der Waals surface area contributed by atoms with E-state index in [4.69, 9.17) is 0 Å². The van der Waals surface area contributed by atoms with E-state index in [1.807, 2.05) is 43.3 Å². The van der Waals surface area contributed by atoms with E-state index in [1.54, 1.807) is 18.5 Å². The van der Waals surface area contributed by atoms with Crippen LogP contribution in [0.1, 0.15) is 22.3 Å². The van der Waals surface area contributed by atoms with Gasteiger partial charge in [0.2, 0.25) is 0 Å². The van der Waals surface area contributed by atoms with Gasteiger partial charge >= 0.3 is 0 Å². The van der Waals surface area contributed by atoms with Crippen molar-refractivity contribution in [1.29, 1.82) is 0 Å². The van der Waals surface area contributed by atoms with Gasteiger partial charge in [-0.2, -0.15) is 0 Å². The van der Waals surface area contributed by atoms with E-state index < -0.39 is 0 Å². The molecule has 0 aliphatic rings. The molecule has 90 valence electrons. The SMILES string of the molecule is Cc1ccc(C(=O)C/C=N/c2ccccn2)cc1. The normalized spacial score (nSPS) is 10.7. The first-order valence-electron chi connectivity index (χ1n) is 5.79. The zero-order valence-corrected chi connectivity index (χ0v) is 10.2. The Labute approximate surface area is 106 Å². The highest BCUT2D eigenvalue weighted by Gasteiger charge is 2.02. The van der Waals surface area contributed by atoms with E-state index >= 15 is 0 Å². The van der Waals surface area contributed by atoms with Crippen molar-refractivity contribution in [3.05, 3.63) is 59.8 Å². The van der Waals surface area contributed by atoms with E-state index in [0.717, 1.165) is 5.56 Å². The zero-order chi connectivity index (χ0) is 12.8. The second-order valence-electron chi connectivity index (χ2n) is 3.99. The summed E-state index contributed by atoms with van der Waals surface area (Å²) >= 11 is 0. The maximum absolute atomic E-state index is 11.8. The fourth-order valence-electron chi connectivity index (χ4n) is 1.51. The van der Waals surface area contributed by atoms with Crippen molar-refractivity contribution in [2.24, 2.45) is 4.99 Å². The monoisotopic (exact) mass is 238 g/mol. The Morgan fingerprint density at radius 1 is 1.22 bits per heavy atom. The van der Waals surface area contributed by atoms with E-state index in [2.05, 4.69) is 9.98 Å². The minimum atomic E-state index is 0.0645. The zero-order valence-electron chi connectivity index (χ0n) is 10.2. The van der Waals surface area contributed by atoms with Gasteiger partial charge in [0.1, 0.15) is 0 Å². The second kappa shape index (κ2) is 5.87. The molecular formula is C15H14N2O. The van der Waals surface area contributed by atoms with Crippen LogP contribution in [0.5, 0.6) is 0 Å². The van der Waals surface area contributed by atoms with E-state index in [-0.39, 0.29) is 5.78 Å². The van der Waals surface area contributed by atoms with Gasteiger partial charge in [-0.1, -0.05) is 35.9 Å². The van der Waals surface area contributed by atoms with Crippen molar-refractivity contribution in [2.75, 3.05) is 0 Å². The van der Waals surface area contributed by atoms with Crippen LogP contribution in [0.15, 0.2) is 53.7 Å². The number of hydrogen-bond donors (Lipinski definition) is 0. The third-order valence-corrected chi connectivity index (χ3v) is 2.52. The van der Waals surface area contributed by atoms with Gasteiger partial charge in [-0.05, 0) is 19.1 Å². The molecule has 0 aliphatic heterocycles. The number of carbonyl (C=O) groups excluding carboxylic acids is 1. The summed E-state index contributed by atoms with van der Waals surface area (Å²) in [4.78, 5) is 20.0. The van der Waals surface area contributed by atoms with Crippen molar-refractivity contribution >= 4 is 17.8 Å². The Hall–Kier alpha value is -2.29. The van der Waals surface area contributed by atoms with Crippen LogP contribution in [0.2, 0.25) is 0 Å². The molecule has 0 atom stereocenters. The quantitative estimate of drug-likeness (QED) is 0.605. The topological polar surface area (TPSA) is 42.3 Å². The standard InChI is InChI=1S/C15H14N2O/c1-12-5-7-13(8-6-12)14(18)9-11-17-15-4-2-3-10-16-15/h2-8,10-11H,9H2,1H3/b17-11+. The lowest BCUT2D eigenvalue weighted by Gasteiger charge is -1.98. The highest BCUT2D eigenvalue weighted by Crippen LogP contribution is 2.07. The fraction of sp³-hybridized carbons (Fsp3) is 0.133. The number of carbonyl (C=O) groups is 1. The molecule has 0 radical (unpaired) electrons. The van der Waals surface area contributed by atoms with Crippen molar-refractivity contribution < 1.29 is 4.79 Å². The Morgan fingerprint density at radius 2 is 2.00 bits per heavy atom. The molecular weight excluding hydrogens is 224 g/mol. The Morgan fingerprint density at radius 3 is 2.67 bits per heavy atom. The van der Waals surface area contributed by atoms with Crippen molar-refractivity contribution in [3.8, 4) is 0 Å². The molecule has 3 nitrogen and oxygen atoms in total. The Bertz CT molecular complexity index is 544. The van der Waals surface area contributed by atoms with Crippen LogP contribution in [-0.4, -0.2) is 17.0 Å². The van der Waals surface area contributed by atoms with Gasteiger partial charge in [-0.15, -0.1) is 0 Å². The first-order chi connectivity index (χ1) is 8.75. The minimum absolute atomic E-state index is 0.0645. The lowest BCUT2D eigenvalue weighted by atomic mass is 10.1. The van der Waals surface area contributed by atoms with E-state index in [1.165, 1.54) is 0 Å². The number of benzene rings is 1. The first-order valence-corrected chi connectivity index (χ1v) is 5.79. The number of aryl methyl sites for hydroxylation is 1. The molecule has 0 amide bonds. The largest absolute Gasteiger partial charge is 0.294 e. The van der Waals surface area contributed by atoms with Crippen molar-refractivity contribution in [3.63, 3.8) is 0 Å². The number of nitrogens with zero attached hydrogens (tertiary/aromatic N) is 2. The van der Waals surface area contributed by atoms with E-state index in [9.17, 15) is 4.79 Å². The summed E-state index contributed by atoms with van der Waals surface area (Å²) in [6, 6.07) is 13.0. The third kappa shape index (κ3) is 3.35. The van der Waals surface area contributed by atoms with E-state index in [0.29, 0.717) is 17.8 Å². The third-order valence-electron chi connectivity index (χ3n) is 2.52. The van der Waals surface area contributed by atoms with Gasteiger partial charge in [-0.3, -0.25) is 4.79 Å². The molecule has 3 heteroatoms. The average Bonchev–Trinajstić information content (AvgIpc) is 2.40. The molecule has 0 aliphatic carbocycles. The summed E-state index contributed by atoms with van der Waals surface area (Å²) in [6.45, 7) is 2.00. The summed E-state index contributed by atoms with van der Waals surface area (Å²) < 4.78 is 0. The molecule has 1 aromatic carbocycles. The summed E-state index contributed by atoms with van der Waals surface area (Å²) in [6.07, 6.45) is 3.57. The van der Waals surface area contributed by atoms with Crippen LogP contribution in [-0.2, 0) is 0 Å². The van der Waals surface area contributed by atoms with Crippen LogP contribution in [0.3, 0.4) is 0 Å². The lowest BCUT2D eigenvalue weighted by molar-refractivity contribution is 0.100. The highest BCUT2D eigenvalue weighted by atomic mass is 16.1.